The fraction of sp³-hybridized carbons (Fsp3) is 0.861. The second-order valence-electron chi connectivity index (χ2n) is 13.2. The van der Waals surface area contributed by atoms with Crippen LogP contribution in [0, 0.1) is 5.92 Å². The van der Waals surface area contributed by atoms with Crippen molar-refractivity contribution in [3.05, 3.63) is 0 Å². The standard InChI is InChI=1S/C36H68N4O9/c1-5-6-7-8-9-10-11-12-13-14-15-16-17-20-32(42)40-30(34(44)45)21-22-31(41)39-24-25-48-26-27-49-28-33(43)38-23-18-19-29(2)36(3,37-4)35(46)47/h29-30,37H,5-28H2,1-4H3,(H,38,43)(H,39,41)(H,40,42)(H,44,45)(H,46,47)/t29-,30+,36-/m1/s1. The molecule has 286 valence electrons. The number of carboxylic acid groups (broad SMARTS) is 2. The minimum Gasteiger partial charge on any atom is -0.480 e. The van der Waals surface area contributed by atoms with E-state index in [0.717, 1.165) is 19.3 Å². The fourth-order valence-corrected chi connectivity index (χ4v) is 5.38. The molecule has 0 aliphatic carbocycles. The summed E-state index contributed by atoms with van der Waals surface area (Å²) in [6, 6.07) is -1.11. The molecule has 49 heavy (non-hydrogen) atoms. The van der Waals surface area contributed by atoms with Gasteiger partial charge in [0.1, 0.15) is 18.2 Å². The van der Waals surface area contributed by atoms with E-state index in [4.69, 9.17) is 9.47 Å². The van der Waals surface area contributed by atoms with Crippen molar-refractivity contribution in [3.63, 3.8) is 0 Å². The SMILES string of the molecule is CCCCCCCCCCCCCCCC(=O)N[C@@H](CCC(=O)NCCOCCOCC(=O)NCCC[C@@H](C)[C@@](C)(NC)C(=O)O)C(=O)O. The van der Waals surface area contributed by atoms with E-state index in [-0.39, 0.29) is 75.9 Å². The molecular formula is C36H68N4O9. The van der Waals surface area contributed by atoms with Crippen LogP contribution in [0.15, 0.2) is 0 Å². The van der Waals surface area contributed by atoms with E-state index in [1.165, 1.54) is 64.2 Å². The molecule has 0 saturated heterocycles. The van der Waals surface area contributed by atoms with E-state index in [0.29, 0.717) is 19.4 Å². The molecule has 0 unspecified atom stereocenters. The van der Waals surface area contributed by atoms with Crippen LogP contribution in [0.25, 0.3) is 0 Å². The van der Waals surface area contributed by atoms with Gasteiger partial charge in [-0.1, -0.05) is 90.9 Å². The molecule has 13 nitrogen and oxygen atoms in total. The molecule has 0 aliphatic heterocycles. The second kappa shape index (κ2) is 30.1. The van der Waals surface area contributed by atoms with Gasteiger partial charge in [0.25, 0.3) is 0 Å². The molecule has 0 aliphatic rings. The van der Waals surface area contributed by atoms with Gasteiger partial charge in [-0.25, -0.2) is 4.79 Å². The van der Waals surface area contributed by atoms with Crippen LogP contribution >= 0.6 is 0 Å². The monoisotopic (exact) mass is 700 g/mol. The fourth-order valence-electron chi connectivity index (χ4n) is 5.38. The van der Waals surface area contributed by atoms with Gasteiger partial charge in [0.15, 0.2) is 0 Å². The lowest BCUT2D eigenvalue weighted by Crippen LogP contribution is -2.52. The van der Waals surface area contributed by atoms with Gasteiger partial charge in [-0.3, -0.25) is 19.2 Å². The molecule has 0 aromatic heterocycles. The van der Waals surface area contributed by atoms with Crippen LogP contribution in [0.1, 0.15) is 136 Å². The number of aliphatic carboxylic acids is 2. The molecule has 0 aromatic carbocycles. The van der Waals surface area contributed by atoms with Crippen molar-refractivity contribution < 1.29 is 43.7 Å². The zero-order chi connectivity index (χ0) is 36.8. The zero-order valence-electron chi connectivity index (χ0n) is 30.9. The van der Waals surface area contributed by atoms with Crippen LogP contribution in [0.4, 0.5) is 0 Å². The number of amides is 3. The Hall–Kier alpha value is -2.77. The number of nitrogens with one attached hydrogen (secondary N) is 4. The van der Waals surface area contributed by atoms with Crippen LogP contribution in [0.3, 0.4) is 0 Å². The Morgan fingerprint density at radius 2 is 1.20 bits per heavy atom. The van der Waals surface area contributed by atoms with Crippen molar-refractivity contribution in [1.29, 1.82) is 0 Å². The number of carboxylic acids is 2. The average Bonchev–Trinajstić information content (AvgIpc) is 3.07. The van der Waals surface area contributed by atoms with Crippen molar-refractivity contribution in [1.82, 2.24) is 21.3 Å². The van der Waals surface area contributed by atoms with Crippen molar-refractivity contribution >= 4 is 29.7 Å². The van der Waals surface area contributed by atoms with Crippen LogP contribution in [-0.2, 0) is 33.4 Å². The van der Waals surface area contributed by atoms with Gasteiger partial charge in [0.05, 0.1) is 19.8 Å². The van der Waals surface area contributed by atoms with E-state index in [1.54, 1.807) is 14.0 Å². The summed E-state index contributed by atoms with van der Waals surface area (Å²) in [5.74, 6) is -3.10. The quantitative estimate of drug-likeness (QED) is 0.0519. The Kier molecular flexibility index (Phi) is 28.4. The first-order valence-corrected chi connectivity index (χ1v) is 18.6. The van der Waals surface area contributed by atoms with Crippen molar-refractivity contribution in [3.8, 4) is 0 Å². The molecule has 0 spiro atoms. The highest BCUT2D eigenvalue weighted by atomic mass is 16.5. The molecule has 0 rings (SSSR count). The zero-order valence-corrected chi connectivity index (χ0v) is 30.9. The highest BCUT2D eigenvalue weighted by Gasteiger charge is 2.36. The Balaban J connectivity index is 3.82. The van der Waals surface area contributed by atoms with Crippen LogP contribution in [0.5, 0.6) is 0 Å². The van der Waals surface area contributed by atoms with Crippen molar-refractivity contribution in [2.45, 2.75) is 148 Å². The maximum absolute atomic E-state index is 12.3. The molecule has 3 amide bonds. The number of hydrogen-bond acceptors (Lipinski definition) is 8. The van der Waals surface area contributed by atoms with Gasteiger partial charge in [-0.15, -0.1) is 0 Å². The highest BCUT2D eigenvalue weighted by molar-refractivity contribution is 5.84. The van der Waals surface area contributed by atoms with Crippen LogP contribution in [-0.4, -0.2) is 98.0 Å². The van der Waals surface area contributed by atoms with Gasteiger partial charge in [-0.2, -0.15) is 0 Å². The third-order valence-electron chi connectivity index (χ3n) is 9.06. The summed E-state index contributed by atoms with van der Waals surface area (Å²) in [5, 5.41) is 29.7. The third-order valence-corrected chi connectivity index (χ3v) is 9.06. The molecule has 0 aromatic rings. The first-order valence-electron chi connectivity index (χ1n) is 18.6. The summed E-state index contributed by atoms with van der Waals surface area (Å²) < 4.78 is 10.7. The number of unbranched alkanes of at least 4 members (excludes halogenated alkanes) is 12. The predicted molar refractivity (Wildman–Crippen MR) is 190 cm³/mol. The molecule has 13 heteroatoms. The summed E-state index contributed by atoms with van der Waals surface area (Å²) in [7, 11) is 1.62. The summed E-state index contributed by atoms with van der Waals surface area (Å²) in [6.45, 7) is 6.90. The Morgan fingerprint density at radius 3 is 1.76 bits per heavy atom. The largest absolute Gasteiger partial charge is 0.480 e. The second-order valence-corrected chi connectivity index (χ2v) is 13.2. The van der Waals surface area contributed by atoms with Crippen LogP contribution < -0.4 is 21.3 Å². The minimum absolute atomic E-state index is 0.00103. The van der Waals surface area contributed by atoms with Gasteiger partial charge in [0.2, 0.25) is 17.7 Å². The van der Waals surface area contributed by atoms with Gasteiger partial charge in [-0.05, 0) is 45.6 Å². The smallest absolute Gasteiger partial charge is 0.326 e. The van der Waals surface area contributed by atoms with E-state index in [2.05, 4.69) is 28.2 Å². The number of carbonyl (C=O) groups is 5. The summed E-state index contributed by atoms with van der Waals surface area (Å²) >= 11 is 0. The predicted octanol–water partition coefficient (Wildman–Crippen LogP) is 4.56. The lowest BCUT2D eigenvalue weighted by atomic mass is 9.84. The molecule has 3 atom stereocenters. The first-order chi connectivity index (χ1) is 23.5. The van der Waals surface area contributed by atoms with Crippen LogP contribution in [0.2, 0.25) is 0 Å². The number of hydrogen-bond donors (Lipinski definition) is 6. The maximum Gasteiger partial charge on any atom is 0.326 e. The summed E-state index contributed by atoms with van der Waals surface area (Å²) in [4.78, 5) is 59.4. The van der Waals surface area contributed by atoms with Crippen molar-refractivity contribution in [2.24, 2.45) is 5.92 Å². The molecule has 6 N–H and O–H groups in total. The number of likely N-dealkylation sites (N-methyl/N-ethyl adjacent to an activating group) is 1. The number of carbonyl (C=O) groups excluding carboxylic acids is 3. The Bertz CT molecular complexity index is 921. The molecule has 0 saturated carbocycles. The highest BCUT2D eigenvalue weighted by Crippen LogP contribution is 2.21. The summed E-state index contributed by atoms with van der Waals surface area (Å²) in [5.41, 5.74) is -1.02. The third kappa shape index (κ3) is 24.9. The topological polar surface area (TPSA) is 192 Å². The maximum atomic E-state index is 12.3. The molecule has 0 fully saturated rings. The van der Waals surface area contributed by atoms with Gasteiger partial charge >= 0.3 is 11.9 Å². The molecule has 0 heterocycles. The van der Waals surface area contributed by atoms with E-state index >= 15 is 0 Å². The lowest BCUT2D eigenvalue weighted by Gasteiger charge is -2.31. The molecular weight excluding hydrogens is 632 g/mol. The normalized spacial score (nSPS) is 13.6. The number of ether oxygens (including phenoxy) is 2. The van der Waals surface area contributed by atoms with Gasteiger partial charge < -0.3 is 41.0 Å². The van der Waals surface area contributed by atoms with E-state index in [1.807, 2.05) is 6.92 Å². The average molecular weight is 701 g/mol. The summed E-state index contributed by atoms with van der Waals surface area (Å²) in [6.07, 6.45) is 17.2. The number of rotatable bonds is 34. The van der Waals surface area contributed by atoms with E-state index in [9.17, 15) is 34.2 Å². The Labute approximate surface area is 294 Å². The van der Waals surface area contributed by atoms with Gasteiger partial charge in [0, 0.05) is 25.9 Å². The minimum atomic E-state index is -1.16. The Morgan fingerprint density at radius 1 is 0.653 bits per heavy atom. The van der Waals surface area contributed by atoms with Crippen molar-refractivity contribution in [2.75, 3.05) is 46.6 Å². The molecule has 0 bridgehead atoms. The lowest BCUT2D eigenvalue weighted by molar-refractivity contribution is -0.146. The first kappa shape index (κ1) is 46.2. The van der Waals surface area contributed by atoms with E-state index < -0.39 is 23.5 Å². The molecule has 0 radical (unpaired) electrons.